The van der Waals surface area contributed by atoms with Crippen LogP contribution in [0.15, 0.2) is 65.8 Å². The minimum atomic E-state index is -3.98. The van der Waals surface area contributed by atoms with Crippen LogP contribution in [-0.2, 0) is 33.2 Å². The second-order valence-electron chi connectivity index (χ2n) is 10.8. The van der Waals surface area contributed by atoms with E-state index in [1.165, 1.54) is 16.1 Å². The molecule has 1 saturated heterocycles. The fourth-order valence-corrected chi connectivity index (χ4v) is 6.10. The number of nitrogens with zero attached hydrogens (tertiary/aromatic N) is 4. The number of nitrogens with one attached hydrogen (secondary N) is 1. The van der Waals surface area contributed by atoms with Gasteiger partial charge in [-0.05, 0) is 40.7 Å². The summed E-state index contributed by atoms with van der Waals surface area (Å²) in [5, 5.41) is 12.0. The van der Waals surface area contributed by atoms with Gasteiger partial charge in [-0.15, -0.1) is 0 Å². The quantitative estimate of drug-likeness (QED) is 0.425. The molecule has 0 spiro atoms. The van der Waals surface area contributed by atoms with Gasteiger partial charge in [-0.25, -0.2) is 23.2 Å². The first-order valence-electron chi connectivity index (χ1n) is 13.2. The van der Waals surface area contributed by atoms with E-state index in [1.807, 2.05) is 31.2 Å². The molecule has 1 aromatic heterocycles. The molecule has 2 aromatic carbocycles. The van der Waals surface area contributed by atoms with Gasteiger partial charge < -0.3 is 15.3 Å². The zero-order chi connectivity index (χ0) is 29.1. The minimum Gasteiger partial charge on any atom is -0.476 e. The maximum atomic E-state index is 13.7. The largest absolute Gasteiger partial charge is 0.476 e. The Balaban J connectivity index is 1.58. The Kier molecular flexibility index (Phi) is 8.55. The SMILES string of the molecule is CCc1ccc(S(=O)(=O)N2CCN(c3cnc(C(=O)O)cn3)C[C@@H]2C(=O)NCc2ccc(C(C)(C)C)cc2)cc1. The van der Waals surface area contributed by atoms with Gasteiger partial charge >= 0.3 is 5.97 Å². The number of carboxylic acid groups (broad SMARTS) is 1. The van der Waals surface area contributed by atoms with Gasteiger partial charge in [0.1, 0.15) is 11.9 Å². The molecule has 3 aromatic rings. The molecule has 1 amide bonds. The number of rotatable bonds is 8. The Hall–Kier alpha value is -3.83. The summed E-state index contributed by atoms with van der Waals surface area (Å²) >= 11 is 0. The average Bonchev–Trinajstić information content (AvgIpc) is 2.95. The van der Waals surface area contributed by atoms with Crippen LogP contribution in [0.1, 0.15) is 54.9 Å². The number of aryl methyl sites for hydroxylation is 1. The van der Waals surface area contributed by atoms with E-state index in [4.69, 9.17) is 5.11 Å². The first-order chi connectivity index (χ1) is 18.9. The summed E-state index contributed by atoms with van der Waals surface area (Å²) in [6.07, 6.45) is 3.25. The molecule has 0 bridgehead atoms. The maximum absolute atomic E-state index is 13.7. The zero-order valence-corrected chi connectivity index (χ0v) is 24.0. The van der Waals surface area contributed by atoms with E-state index in [-0.39, 0.29) is 42.2 Å². The Bertz CT molecular complexity index is 1450. The Morgan fingerprint density at radius 1 is 0.975 bits per heavy atom. The van der Waals surface area contributed by atoms with E-state index in [0.717, 1.165) is 23.7 Å². The lowest BCUT2D eigenvalue weighted by Gasteiger charge is -2.40. The summed E-state index contributed by atoms with van der Waals surface area (Å²) < 4.78 is 28.6. The van der Waals surface area contributed by atoms with Gasteiger partial charge in [-0.2, -0.15) is 4.31 Å². The van der Waals surface area contributed by atoms with Crippen molar-refractivity contribution in [2.24, 2.45) is 0 Å². The molecule has 2 N–H and O–H groups in total. The van der Waals surface area contributed by atoms with E-state index in [9.17, 15) is 18.0 Å². The Morgan fingerprint density at radius 3 is 2.17 bits per heavy atom. The van der Waals surface area contributed by atoms with Gasteiger partial charge in [-0.3, -0.25) is 4.79 Å². The van der Waals surface area contributed by atoms with Crippen molar-refractivity contribution in [2.75, 3.05) is 24.5 Å². The highest BCUT2D eigenvalue weighted by Crippen LogP contribution is 2.25. The number of carbonyl (C=O) groups is 2. The van der Waals surface area contributed by atoms with Gasteiger partial charge in [0, 0.05) is 26.2 Å². The molecular formula is C29H35N5O5S. The normalized spacial score (nSPS) is 16.5. The molecule has 1 aliphatic rings. The third-order valence-corrected chi connectivity index (χ3v) is 8.96. The number of hydrogen-bond acceptors (Lipinski definition) is 7. The Labute approximate surface area is 235 Å². The molecule has 10 nitrogen and oxygen atoms in total. The van der Waals surface area contributed by atoms with Crippen LogP contribution in [0.25, 0.3) is 0 Å². The monoisotopic (exact) mass is 565 g/mol. The molecule has 11 heteroatoms. The van der Waals surface area contributed by atoms with Gasteiger partial charge in [0.25, 0.3) is 0 Å². The maximum Gasteiger partial charge on any atom is 0.356 e. The highest BCUT2D eigenvalue weighted by molar-refractivity contribution is 7.89. The predicted molar refractivity (Wildman–Crippen MR) is 152 cm³/mol. The van der Waals surface area contributed by atoms with Crippen LogP contribution < -0.4 is 10.2 Å². The van der Waals surface area contributed by atoms with Crippen LogP contribution in [0, 0.1) is 0 Å². The molecule has 40 heavy (non-hydrogen) atoms. The first kappa shape index (κ1) is 29.2. The van der Waals surface area contributed by atoms with Crippen LogP contribution in [-0.4, -0.2) is 65.4 Å². The van der Waals surface area contributed by atoms with Crippen molar-refractivity contribution in [3.8, 4) is 0 Å². The van der Waals surface area contributed by atoms with Gasteiger partial charge in [0.15, 0.2) is 5.69 Å². The first-order valence-corrected chi connectivity index (χ1v) is 14.6. The van der Waals surface area contributed by atoms with E-state index in [2.05, 4.69) is 36.1 Å². The summed E-state index contributed by atoms with van der Waals surface area (Å²) in [4.78, 5) is 34.7. The van der Waals surface area contributed by atoms with Gasteiger partial charge in [-0.1, -0.05) is 64.1 Å². The zero-order valence-electron chi connectivity index (χ0n) is 23.2. The number of sulfonamides is 1. The summed E-state index contributed by atoms with van der Waals surface area (Å²) in [5.41, 5.74) is 2.88. The number of benzene rings is 2. The third kappa shape index (κ3) is 6.48. The van der Waals surface area contributed by atoms with Crippen molar-refractivity contribution in [3.05, 3.63) is 83.3 Å². The number of hydrogen-bond donors (Lipinski definition) is 2. The molecule has 2 heterocycles. The average molecular weight is 566 g/mol. The van der Waals surface area contributed by atoms with Gasteiger partial charge in [0.2, 0.25) is 15.9 Å². The lowest BCUT2D eigenvalue weighted by molar-refractivity contribution is -0.125. The molecule has 0 radical (unpaired) electrons. The van der Waals surface area contributed by atoms with Crippen molar-refractivity contribution >= 4 is 27.7 Å². The van der Waals surface area contributed by atoms with Crippen LogP contribution in [0.3, 0.4) is 0 Å². The second kappa shape index (κ2) is 11.7. The lowest BCUT2D eigenvalue weighted by atomic mass is 9.87. The van der Waals surface area contributed by atoms with Crippen molar-refractivity contribution in [3.63, 3.8) is 0 Å². The summed E-state index contributed by atoms with van der Waals surface area (Å²) in [6, 6.07) is 13.6. The molecule has 0 aliphatic carbocycles. The molecule has 1 fully saturated rings. The second-order valence-corrected chi connectivity index (χ2v) is 12.7. The molecule has 4 rings (SSSR count). The third-order valence-electron chi connectivity index (χ3n) is 7.04. The Morgan fingerprint density at radius 2 is 1.62 bits per heavy atom. The van der Waals surface area contributed by atoms with Crippen LogP contribution in [0.4, 0.5) is 5.82 Å². The molecule has 0 saturated carbocycles. The molecule has 1 aliphatic heterocycles. The van der Waals surface area contributed by atoms with Crippen molar-refractivity contribution in [1.29, 1.82) is 0 Å². The number of aromatic carboxylic acids is 1. The molecule has 0 unspecified atom stereocenters. The highest BCUT2D eigenvalue weighted by Gasteiger charge is 2.40. The predicted octanol–water partition coefficient (Wildman–Crippen LogP) is 3.23. The van der Waals surface area contributed by atoms with E-state index in [1.54, 1.807) is 29.2 Å². The number of aromatic nitrogens is 2. The smallest absolute Gasteiger partial charge is 0.356 e. The topological polar surface area (TPSA) is 133 Å². The van der Waals surface area contributed by atoms with Crippen molar-refractivity contribution in [2.45, 2.75) is 57.0 Å². The minimum absolute atomic E-state index is 0.00306. The van der Waals surface area contributed by atoms with Crippen LogP contribution >= 0.6 is 0 Å². The molecule has 212 valence electrons. The summed E-state index contributed by atoms with van der Waals surface area (Å²) in [7, 11) is -3.98. The number of amides is 1. The lowest BCUT2D eigenvalue weighted by Crippen LogP contribution is -2.60. The number of anilines is 1. The van der Waals surface area contributed by atoms with Crippen LogP contribution in [0.2, 0.25) is 0 Å². The summed E-state index contributed by atoms with van der Waals surface area (Å²) in [6.45, 7) is 8.94. The number of carboxylic acids is 1. The van der Waals surface area contributed by atoms with E-state index in [0.29, 0.717) is 5.82 Å². The van der Waals surface area contributed by atoms with Crippen molar-refractivity contribution < 1.29 is 23.1 Å². The standard InChI is InChI=1S/C29H35N5O5S/c1-5-20-8-12-23(13-9-20)40(38,39)34-15-14-33(26-18-30-24(17-31-26)28(36)37)19-25(34)27(35)32-16-21-6-10-22(11-7-21)29(2,3)4/h6-13,17-18,25H,5,14-16,19H2,1-4H3,(H,32,35)(H,36,37)/t25-/m1/s1. The summed E-state index contributed by atoms with van der Waals surface area (Å²) in [5.74, 6) is -1.27. The number of carbonyl (C=O) groups excluding carboxylic acids is 1. The van der Waals surface area contributed by atoms with Gasteiger partial charge in [0.05, 0.1) is 17.3 Å². The van der Waals surface area contributed by atoms with Crippen molar-refractivity contribution in [1.82, 2.24) is 19.6 Å². The van der Waals surface area contributed by atoms with E-state index >= 15 is 0 Å². The fraction of sp³-hybridized carbons (Fsp3) is 0.379. The molecular weight excluding hydrogens is 530 g/mol. The highest BCUT2D eigenvalue weighted by atomic mass is 32.2. The fourth-order valence-electron chi connectivity index (χ4n) is 4.53. The van der Waals surface area contributed by atoms with E-state index < -0.39 is 27.9 Å². The molecule has 1 atom stereocenters. The number of piperazine rings is 1. The van der Waals surface area contributed by atoms with Crippen LogP contribution in [0.5, 0.6) is 0 Å².